The highest BCUT2D eigenvalue weighted by molar-refractivity contribution is 7.47. The molecule has 12 heteroatoms. The Labute approximate surface area is 306 Å². The highest BCUT2D eigenvalue weighted by Gasteiger charge is 2.28. The zero-order chi connectivity index (χ0) is 37.8. The summed E-state index contributed by atoms with van der Waals surface area (Å²) in [4.78, 5) is 45.6. The minimum atomic E-state index is -4.76. The van der Waals surface area contributed by atoms with E-state index in [1.165, 1.54) is 19.3 Å². The first kappa shape index (κ1) is 48.2. The predicted molar refractivity (Wildman–Crippen MR) is 203 cm³/mol. The monoisotopic (exact) mass is 739 g/mol. The van der Waals surface area contributed by atoms with Crippen LogP contribution in [-0.4, -0.2) is 64.9 Å². The highest BCUT2D eigenvalue weighted by atomic mass is 31.2. The predicted octanol–water partition coefficient (Wildman–Crippen LogP) is 8.83. The molecule has 0 heterocycles. The van der Waals surface area contributed by atoms with Crippen LogP contribution in [-0.2, 0) is 32.7 Å². The summed E-state index contributed by atoms with van der Waals surface area (Å²) in [7, 11) is -4.76. The van der Waals surface area contributed by atoms with Crippen LogP contribution >= 0.6 is 7.82 Å². The number of allylic oxidation sites excluding steroid dienone is 10. The molecule has 0 aromatic heterocycles. The number of esters is 1. The molecule has 51 heavy (non-hydrogen) atoms. The van der Waals surface area contributed by atoms with Gasteiger partial charge in [-0.2, -0.15) is 0 Å². The van der Waals surface area contributed by atoms with Crippen LogP contribution in [0.3, 0.4) is 0 Å². The number of aliphatic hydroxyl groups is 1. The van der Waals surface area contributed by atoms with Gasteiger partial charge in [0.2, 0.25) is 5.91 Å². The maximum atomic E-state index is 12.2. The third-order valence-electron chi connectivity index (χ3n) is 7.51. The van der Waals surface area contributed by atoms with Gasteiger partial charge in [0.1, 0.15) is 12.7 Å². The van der Waals surface area contributed by atoms with Crippen molar-refractivity contribution >= 4 is 25.7 Å². The summed E-state index contributed by atoms with van der Waals surface area (Å²) < 4.78 is 26.6. The van der Waals surface area contributed by atoms with Crippen molar-refractivity contribution in [3.63, 3.8) is 0 Å². The molecule has 0 fully saturated rings. The number of carboxylic acid groups (broad SMARTS) is 1. The number of aliphatic carboxylic acids is 1. The van der Waals surface area contributed by atoms with E-state index < -0.39 is 57.6 Å². The molecule has 0 bridgehead atoms. The second-order valence-corrected chi connectivity index (χ2v) is 13.9. The lowest BCUT2D eigenvalue weighted by molar-refractivity contribution is -0.147. The Morgan fingerprint density at radius 1 is 0.627 bits per heavy atom. The third kappa shape index (κ3) is 34.1. The van der Waals surface area contributed by atoms with E-state index in [4.69, 9.17) is 13.8 Å². The topological polar surface area (TPSA) is 169 Å². The van der Waals surface area contributed by atoms with E-state index in [1.807, 2.05) is 12.2 Å². The molecule has 0 saturated heterocycles. The molecule has 0 spiro atoms. The number of hydrogen-bond donors (Lipinski definition) is 4. The van der Waals surface area contributed by atoms with Gasteiger partial charge in [-0.1, -0.05) is 113 Å². The lowest BCUT2D eigenvalue weighted by Gasteiger charge is -2.18. The molecule has 0 saturated carbocycles. The molecule has 0 rings (SSSR count). The average Bonchev–Trinajstić information content (AvgIpc) is 3.10. The largest absolute Gasteiger partial charge is 0.480 e. The minimum absolute atomic E-state index is 0.128. The molecule has 0 aliphatic carbocycles. The quantitative estimate of drug-likeness (QED) is 0.0217. The first-order valence-electron chi connectivity index (χ1n) is 18.8. The molecule has 4 N–H and O–H groups in total. The number of nitrogens with one attached hydrogen (secondary N) is 1. The van der Waals surface area contributed by atoms with E-state index in [0.717, 1.165) is 70.6 Å². The normalized spacial score (nSPS) is 14.6. The zero-order valence-corrected chi connectivity index (χ0v) is 32.0. The van der Waals surface area contributed by atoms with Gasteiger partial charge in [-0.3, -0.25) is 18.6 Å². The molecule has 3 atom stereocenters. The van der Waals surface area contributed by atoms with Crippen molar-refractivity contribution in [1.29, 1.82) is 0 Å². The summed E-state index contributed by atoms with van der Waals surface area (Å²) in [6.07, 6.45) is 37.0. The lowest BCUT2D eigenvalue weighted by Crippen LogP contribution is -2.43. The van der Waals surface area contributed by atoms with Gasteiger partial charge in [0.05, 0.1) is 13.2 Å². The van der Waals surface area contributed by atoms with Crippen LogP contribution in [0.1, 0.15) is 136 Å². The van der Waals surface area contributed by atoms with Gasteiger partial charge >= 0.3 is 19.8 Å². The molecule has 0 aliphatic heterocycles. The number of aliphatic hydroxyl groups excluding tert-OH is 1. The number of carbonyl (C=O) groups is 3. The number of phosphoric ester groups is 1. The summed E-state index contributed by atoms with van der Waals surface area (Å²) in [6, 6.07) is -1.56. The van der Waals surface area contributed by atoms with E-state index in [2.05, 4.69) is 67.8 Å². The Balaban J connectivity index is 4.05. The van der Waals surface area contributed by atoms with Crippen molar-refractivity contribution in [3.8, 4) is 0 Å². The smallest absolute Gasteiger partial charge is 0.472 e. The number of carboxylic acids is 1. The Hall–Kier alpha value is -2.82. The molecule has 0 radical (unpaired) electrons. The SMILES string of the molecule is CCC/C=C\CCCCCCCC(=O)NC(COP(=O)(O)OCC(O)COC(=O)CCC/C=C\C/C=C\C/C=C\C/C=C\CCCCC)C(=O)O. The highest BCUT2D eigenvalue weighted by Crippen LogP contribution is 2.43. The van der Waals surface area contributed by atoms with Crippen molar-refractivity contribution in [1.82, 2.24) is 5.32 Å². The van der Waals surface area contributed by atoms with Gasteiger partial charge < -0.3 is 25.2 Å². The Morgan fingerprint density at radius 3 is 1.75 bits per heavy atom. The van der Waals surface area contributed by atoms with Crippen molar-refractivity contribution in [3.05, 3.63) is 60.8 Å². The van der Waals surface area contributed by atoms with Crippen molar-refractivity contribution in [2.45, 2.75) is 148 Å². The van der Waals surface area contributed by atoms with Crippen LogP contribution in [0.2, 0.25) is 0 Å². The Kier molecular flexibility index (Phi) is 32.4. The van der Waals surface area contributed by atoms with Crippen LogP contribution in [0.5, 0.6) is 0 Å². The fourth-order valence-electron chi connectivity index (χ4n) is 4.54. The number of hydrogen-bond acceptors (Lipinski definition) is 8. The van der Waals surface area contributed by atoms with Gasteiger partial charge in [0, 0.05) is 12.8 Å². The van der Waals surface area contributed by atoms with E-state index in [1.54, 1.807) is 0 Å². The van der Waals surface area contributed by atoms with E-state index >= 15 is 0 Å². The molecule has 1 amide bonds. The molecule has 0 aliphatic rings. The first-order chi connectivity index (χ1) is 24.6. The van der Waals surface area contributed by atoms with Crippen LogP contribution in [0, 0.1) is 0 Å². The van der Waals surface area contributed by atoms with E-state index in [9.17, 15) is 34.1 Å². The van der Waals surface area contributed by atoms with Crippen LogP contribution < -0.4 is 5.32 Å². The maximum absolute atomic E-state index is 12.2. The van der Waals surface area contributed by atoms with Crippen molar-refractivity contribution < 1.29 is 47.8 Å². The molecule has 3 unspecified atom stereocenters. The number of phosphoric acid groups is 1. The lowest BCUT2D eigenvalue weighted by atomic mass is 10.1. The third-order valence-corrected chi connectivity index (χ3v) is 8.46. The van der Waals surface area contributed by atoms with E-state index in [0.29, 0.717) is 19.3 Å². The van der Waals surface area contributed by atoms with Gasteiger partial charge in [-0.05, 0) is 70.6 Å². The minimum Gasteiger partial charge on any atom is -0.480 e. The van der Waals surface area contributed by atoms with Gasteiger partial charge in [-0.25, -0.2) is 9.36 Å². The number of amides is 1. The molecule has 292 valence electrons. The number of ether oxygens (including phenoxy) is 1. The summed E-state index contributed by atoms with van der Waals surface area (Å²) >= 11 is 0. The first-order valence-corrected chi connectivity index (χ1v) is 20.3. The summed E-state index contributed by atoms with van der Waals surface area (Å²) in [5.74, 6) is -2.46. The number of unbranched alkanes of at least 4 members (excludes halogenated alkanes) is 10. The van der Waals surface area contributed by atoms with Crippen molar-refractivity contribution in [2.24, 2.45) is 0 Å². The van der Waals surface area contributed by atoms with Gasteiger partial charge in [0.25, 0.3) is 0 Å². The second-order valence-electron chi connectivity index (χ2n) is 12.4. The number of carbonyl (C=O) groups excluding carboxylic acids is 2. The summed E-state index contributed by atoms with van der Waals surface area (Å²) in [6.45, 7) is 2.39. The fraction of sp³-hybridized carbons (Fsp3) is 0.667. The number of rotatable bonds is 34. The fourth-order valence-corrected chi connectivity index (χ4v) is 5.31. The van der Waals surface area contributed by atoms with Crippen LogP contribution in [0.15, 0.2) is 60.8 Å². The van der Waals surface area contributed by atoms with E-state index in [-0.39, 0.29) is 12.8 Å². The molecular formula is C39H66NO10P. The molecule has 0 aromatic carbocycles. The van der Waals surface area contributed by atoms with Crippen LogP contribution in [0.4, 0.5) is 0 Å². The summed E-state index contributed by atoms with van der Waals surface area (Å²) in [5, 5.41) is 21.7. The zero-order valence-electron chi connectivity index (χ0n) is 31.1. The van der Waals surface area contributed by atoms with Gasteiger partial charge in [-0.15, -0.1) is 0 Å². The Morgan fingerprint density at radius 2 is 1.14 bits per heavy atom. The average molecular weight is 740 g/mol. The van der Waals surface area contributed by atoms with Crippen molar-refractivity contribution in [2.75, 3.05) is 19.8 Å². The van der Waals surface area contributed by atoms with Gasteiger partial charge in [0.15, 0.2) is 6.04 Å². The summed E-state index contributed by atoms with van der Waals surface area (Å²) in [5.41, 5.74) is 0. The molecule has 0 aromatic rings. The second kappa shape index (κ2) is 34.3. The standard InChI is InChI=1S/C39H66NO10P/c1-3-5-7-9-11-13-15-16-17-18-19-20-21-23-25-27-29-31-38(43)48-32-35(41)33-49-51(46,47)50-34-36(39(44)45)40-37(42)30-28-26-24-22-14-12-10-8-6-4-2/h8,10-11,13,16-17,19-20,23,25,35-36,41H,3-7,9,12,14-15,18,21-22,24,26-34H2,1-2H3,(H,40,42)(H,44,45)(H,46,47)/b10-8-,13-11-,17-16-,20-19-,25-23-. The maximum Gasteiger partial charge on any atom is 0.472 e. The Bertz CT molecular complexity index is 1100. The van der Waals surface area contributed by atoms with Crippen LogP contribution in [0.25, 0.3) is 0 Å². The molecule has 11 nitrogen and oxygen atoms in total. The molecular weight excluding hydrogens is 673 g/mol.